The van der Waals surface area contributed by atoms with Crippen LogP contribution in [0.15, 0.2) is 17.3 Å². The van der Waals surface area contributed by atoms with Gasteiger partial charge in [-0.1, -0.05) is 24.1 Å². The molecule has 0 saturated heterocycles. The highest BCUT2D eigenvalue weighted by Gasteiger charge is 1.93. The van der Waals surface area contributed by atoms with Crippen molar-refractivity contribution in [1.82, 2.24) is 0 Å². The van der Waals surface area contributed by atoms with E-state index in [0.29, 0.717) is 12.8 Å². The van der Waals surface area contributed by atoms with Crippen LogP contribution in [0.1, 0.15) is 39.5 Å². The molecule has 3 nitrogen and oxygen atoms in total. The van der Waals surface area contributed by atoms with Crippen LogP contribution in [-0.4, -0.2) is 18.6 Å². The van der Waals surface area contributed by atoms with Crippen molar-refractivity contribution in [2.24, 2.45) is 5.16 Å². The molecule has 0 amide bonds. The van der Waals surface area contributed by atoms with Crippen molar-refractivity contribution in [3.63, 3.8) is 0 Å². The van der Waals surface area contributed by atoms with E-state index in [1.54, 1.807) is 0 Å². The van der Waals surface area contributed by atoms with E-state index in [9.17, 15) is 4.79 Å². The van der Waals surface area contributed by atoms with Gasteiger partial charge in [0.1, 0.15) is 7.11 Å². The summed E-state index contributed by atoms with van der Waals surface area (Å²) in [5, 5.41) is 3.72. The van der Waals surface area contributed by atoms with Crippen molar-refractivity contribution in [3.05, 3.63) is 12.2 Å². The summed E-state index contributed by atoms with van der Waals surface area (Å²) < 4.78 is 0. The second-order valence-electron chi connectivity index (χ2n) is 3.33. The molecule has 0 atom stereocenters. The molecule has 0 bridgehead atoms. The van der Waals surface area contributed by atoms with E-state index >= 15 is 0 Å². The molecule has 0 aromatic heterocycles. The minimum absolute atomic E-state index is 0.000525. The molecular formula is C13H19NO2. The Hall–Kier alpha value is -1.56. The van der Waals surface area contributed by atoms with Gasteiger partial charge in [0.15, 0.2) is 0 Å². The summed E-state index contributed by atoms with van der Waals surface area (Å²) in [7, 11) is 1.50. The van der Waals surface area contributed by atoms with Gasteiger partial charge in [0, 0.05) is 12.8 Å². The van der Waals surface area contributed by atoms with Gasteiger partial charge in [-0.15, -0.1) is 0 Å². The third kappa shape index (κ3) is 9.01. The Bertz CT molecular complexity index is 319. The van der Waals surface area contributed by atoms with E-state index in [1.165, 1.54) is 7.11 Å². The molecule has 0 unspecified atom stereocenters. The Labute approximate surface area is 97.6 Å². The van der Waals surface area contributed by atoms with E-state index in [4.69, 9.17) is 0 Å². The van der Waals surface area contributed by atoms with Crippen LogP contribution < -0.4 is 0 Å². The zero-order valence-corrected chi connectivity index (χ0v) is 10.2. The lowest BCUT2D eigenvalue weighted by atomic mass is 10.2. The van der Waals surface area contributed by atoms with Crippen LogP contribution in [0.4, 0.5) is 0 Å². The summed E-state index contributed by atoms with van der Waals surface area (Å²) in [5.74, 6) is 5.46. The first-order valence-corrected chi connectivity index (χ1v) is 5.46. The summed E-state index contributed by atoms with van der Waals surface area (Å²) in [6, 6.07) is 0. The van der Waals surface area contributed by atoms with Gasteiger partial charge in [0.25, 0.3) is 0 Å². The molecule has 0 aliphatic rings. The topological polar surface area (TPSA) is 38.7 Å². The fourth-order valence-corrected chi connectivity index (χ4v) is 0.991. The van der Waals surface area contributed by atoms with E-state index in [0.717, 1.165) is 18.6 Å². The lowest BCUT2D eigenvalue weighted by molar-refractivity contribution is -0.113. The number of oxime groups is 1. The predicted molar refractivity (Wildman–Crippen MR) is 66.2 cm³/mol. The molecule has 0 aliphatic carbocycles. The monoisotopic (exact) mass is 221 g/mol. The van der Waals surface area contributed by atoms with Gasteiger partial charge in [-0.25, -0.2) is 0 Å². The van der Waals surface area contributed by atoms with Gasteiger partial charge < -0.3 is 4.84 Å². The fraction of sp³-hybridized carbons (Fsp3) is 0.538. The van der Waals surface area contributed by atoms with Crippen LogP contribution >= 0.6 is 0 Å². The molecule has 0 spiro atoms. The summed E-state index contributed by atoms with van der Waals surface area (Å²) in [6.07, 6.45) is 6.67. The highest BCUT2D eigenvalue weighted by atomic mass is 16.6. The average Bonchev–Trinajstić information content (AvgIpc) is 2.25. The van der Waals surface area contributed by atoms with E-state index < -0.39 is 0 Å². The lowest BCUT2D eigenvalue weighted by Crippen LogP contribution is -1.92. The number of unbranched alkanes of at least 4 members (excludes halogenated alkanes) is 1. The van der Waals surface area contributed by atoms with Crippen LogP contribution in [0.2, 0.25) is 0 Å². The van der Waals surface area contributed by atoms with Gasteiger partial charge >= 0.3 is 0 Å². The highest BCUT2D eigenvalue weighted by Crippen LogP contribution is 1.94. The minimum Gasteiger partial charge on any atom is -0.399 e. The summed E-state index contributed by atoms with van der Waals surface area (Å²) in [4.78, 5) is 15.8. The van der Waals surface area contributed by atoms with E-state index in [-0.39, 0.29) is 5.78 Å². The van der Waals surface area contributed by atoms with Crippen molar-refractivity contribution >= 4 is 11.5 Å². The number of rotatable bonds is 6. The number of nitrogens with zero attached hydrogens (tertiary/aromatic N) is 1. The maximum absolute atomic E-state index is 11.2. The molecule has 0 aliphatic heterocycles. The Morgan fingerprint density at radius 2 is 2.25 bits per heavy atom. The molecular weight excluding hydrogens is 202 g/mol. The first kappa shape index (κ1) is 14.4. The predicted octanol–water partition coefficient (Wildman–Crippen LogP) is 2.72. The van der Waals surface area contributed by atoms with Gasteiger partial charge in [0.2, 0.25) is 5.78 Å². The zero-order valence-electron chi connectivity index (χ0n) is 10.2. The Morgan fingerprint density at radius 3 is 2.88 bits per heavy atom. The van der Waals surface area contributed by atoms with Crippen LogP contribution in [0.25, 0.3) is 0 Å². The molecule has 88 valence electrons. The van der Waals surface area contributed by atoms with E-state index in [1.807, 2.05) is 26.0 Å². The first-order chi connectivity index (χ1) is 7.70. The molecule has 16 heavy (non-hydrogen) atoms. The quantitative estimate of drug-likeness (QED) is 0.299. The summed E-state index contributed by atoms with van der Waals surface area (Å²) >= 11 is 0. The summed E-state index contributed by atoms with van der Waals surface area (Å²) in [6.45, 7) is 3.88. The van der Waals surface area contributed by atoms with Crippen LogP contribution in [0.3, 0.4) is 0 Å². The highest BCUT2D eigenvalue weighted by molar-refractivity contribution is 5.95. The van der Waals surface area contributed by atoms with Crippen molar-refractivity contribution in [3.8, 4) is 11.8 Å². The van der Waals surface area contributed by atoms with Crippen LogP contribution in [0, 0.1) is 11.8 Å². The zero-order chi connectivity index (χ0) is 12.2. The third-order valence-electron chi connectivity index (χ3n) is 1.74. The van der Waals surface area contributed by atoms with Crippen molar-refractivity contribution < 1.29 is 9.63 Å². The molecule has 0 saturated carbocycles. The SMILES string of the molecule is CCCC#CC(=O)CC/C=C/C(C)=N/OC. The molecule has 0 fully saturated rings. The number of ketones is 1. The van der Waals surface area contributed by atoms with Crippen molar-refractivity contribution in [2.75, 3.05) is 7.11 Å². The smallest absolute Gasteiger partial charge is 0.205 e. The van der Waals surface area contributed by atoms with Crippen molar-refractivity contribution in [2.45, 2.75) is 39.5 Å². The van der Waals surface area contributed by atoms with E-state index in [2.05, 4.69) is 21.8 Å². The second kappa shape index (κ2) is 9.97. The second-order valence-corrected chi connectivity index (χ2v) is 3.33. The summed E-state index contributed by atoms with van der Waals surface area (Å²) in [5.41, 5.74) is 0.784. The minimum atomic E-state index is -0.000525. The first-order valence-electron chi connectivity index (χ1n) is 5.46. The standard InChI is InChI=1S/C13H19NO2/c1-4-5-6-10-13(15)11-8-7-9-12(2)14-16-3/h7,9H,4-5,8,11H2,1-3H3/b9-7+,14-12+. The molecule has 0 rings (SSSR count). The fourth-order valence-electron chi connectivity index (χ4n) is 0.991. The third-order valence-corrected chi connectivity index (χ3v) is 1.74. The maximum atomic E-state index is 11.2. The number of carbonyl (C=O) groups excluding carboxylic acids is 1. The van der Waals surface area contributed by atoms with Crippen LogP contribution in [0.5, 0.6) is 0 Å². The normalized spacial score (nSPS) is 11.1. The number of allylic oxidation sites excluding steroid dienone is 2. The number of hydrogen-bond donors (Lipinski definition) is 0. The average molecular weight is 221 g/mol. The molecule has 0 aromatic carbocycles. The molecule has 0 radical (unpaired) electrons. The van der Waals surface area contributed by atoms with Gasteiger partial charge in [-0.05, 0) is 31.8 Å². The van der Waals surface area contributed by atoms with Gasteiger partial charge in [0.05, 0.1) is 5.71 Å². The Balaban J connectivity index is 3.79. The Kier molecular flexibility index (Phi) is 9.00. The molecule has 3 heteroatoms. The van der Waals surface area contributed by atoms with Gasteiger partial charge in [-0.3, -0.25) is 4.79 Å². The molecule has 0 heterocycles. The number of Topliss-reactive ketones (excluding diaryl/α,β-unsaturated/α-hetero) is 1. The molecule has 0 aromatic rings. The van der Waals surface area contributed by atoms with Crippen LogP contribution in [-0.2, 0) is 9.63 Å². The maximum Gasteiger partial charge on any atom is 0.205 e. The number of carbonyl (C=O) groups is 1. The van der Waals surface area contributed by atoms with Gasteiger partial charge in [-0.2, -0.15) is 0 Å². The largest absolute Gasteiger partial charge is 0.399 e. The molecule has 0 N–H and O–H groups in total. The number of hydrogen-bond acceptors (Lipinski definition) is 3. The lowest BCUT2D eigenvalue weighted by Gasteiger charge is -1.90. The van der Waals surface area contributed by atoms with Crippen molar-refractivity contribution in [1.29, 1.82) is 0 Å². The Morgan fingerprint density at radius 1 is 1.50 bits per heavy atom.